The summed E-state index contributed by atoms with van der Waals surface area (Å²) in [6.45, 7) is 5.30. The van der Waals surface area contributed by atoms with Gasteiger partial charge in [-0.3, -0.25) is 19.2 Å². The number of hydrogen-bond donors (Lipinski definition) is 0. The second-order valence-corrected chi connectivity index (χ2v) is 6.77. The molecular formula is C18H25N5O5. The van der Waals surface area contributed by atoms with Gasteiger partial charge in [0.05, 0.1) is 13.2 Å². The molecule has 0 bridgehead atoms. The number of piperazine rings is 1. The number of ether oxygens (including phenoxy) is 1. The van der Waals surface area contributed by atoms with Gasteiger partial charge in [0, 0.05) is 51.9 Å². The van der Waals surface area contributed by atoms with Crippen molar-refractivity contribution in [2.45, 2.75) is 19.9 Å². The molecule has 2 saturated heterocycles. The van der Waals surface area contributed by atoms with Crippen LogP contribution in [-0.4, -0.2) is 94.7 Å². The maximum atomic E-state index is 12.7. The van der Waals surface area contributed by atoms with Crippen LogP contribution < -0.4 is 5.56 Å². The molecule has 0 unspecified atom stereocenters. The van der Waals surface area contributed by atoms with Crippen LogP contribution in [0.15, 0.2) is 16.9 Å². The fourth-order valence-corrected chi connectivity index (χ4v) is 3.25. The number of aryl methyl sites for hydroxylation is 1. The third-order valence-corrected chi connectivity index (χ3v) is 4.86. The number of rotatable bonds is 3. The Morgan fingerprint density at radius 3 is 2.11 bits per heavy atom. The molecule has 3 rings (SSSR count). The minimum absolute atomic E-state index is 0.206. The third-order valence-electron chi connectivity index (χ3n) is 4.86. The van der Waals surface area contributed by atoms with Gasteiger partial charge in [-0.25, -0.2) is 4.68 Å². The maximum absolute atomic E-state index is 12.7. The van der Waals surface area contributed by atoms with E-state index in [2.05, 4.69) is 5.10 Å². The van der Waals surface area contributed by atoms with Crippen LogP contribution in [0.1, 0.15) is 23.8 Å². The average molecular weight is 391 g/mol. The Balaban J connectivity index is 1.58. The summed E-state index contributed by atoms with van der Waals surface area (Å²) in [5.74, 6) is -1.34. The summed E-state index contributed by atoms with van der Waals surface area (Å²) < 4.78 is 6.48. The smallest absolute Gasteiger partial charge is 0.312 e. The lowest BCUT2D eigenvalue weighted by Crippen LogP contribution is -2.55. The second-order valence-electron chi connectivity index (χ2n) is 6.77. The van der Waals surface area contributed by atoms with Crippen molar-refractivity contribution in [1.29, 1.82) is 0 Å². The SMILES string of the molecule is CCCn1nc(C(=O)N2CCN(C(=O)C(=O)N3CCOCC3)CC2)ccc1=O. The molecule has 10 nitrogen and oxygen atoms in total. The van der Waals surface area contributed by atoms with Gasteiger partial charge in [0.2, 0.25) is 0 Å². The predicted octanol–water partition coefficient (Wildman–Crippen LogP) is -1.20. The molecule has 0 radical (unpaired) electrons. The van der Waals surface area contributed by atoms with Crippen LogP contribution in [0.4, 0.5) is 0 Å². The number of amides is 3. The van der Waals surface area contributed by atoms with E-state index in [0.29, 0.717) is 45.9 Å². The normalized spacial score (nSPS) is 17.5. The molecule has 0 atom stereocenters. The molecule has 0 spiro atoms. The van der Waals surface area contributed by atoms with Crippen LogP contribution in [0, 0.1) is 0 Å². The fourth-order valence-electron chi connectivity index (χ4n) is 3.25. The lowest BCUT2D eigenvalue weighted by Gasteiger charge is -2.35. The minimum Gasteiger partial charge on any atom is -0.378 e. The summed E-state index contributed by atoms with van der Waals surface area (Å²) in [7, 11) is 0. The fraction of sp³-hybridized carbons (Fsp3) is 0.611. The van der Waals surface area contributed by atoms with Crippen LogP contribution in [0.25, 0.3) is 0 Å². The van der Waals surface area contributed by atoms with E-state index in [-0.39, 0.29) is 30.2 Å². The first-order valence-electron chi connectivity index (χ1n) is 9.54. The first-order valence-corrected chi connectivity index (χ1v) is 9.54. The van der Waals surface area contributed by atoms with Crippen molar-refractivity contribution < 1.29 is 19.1 Å². The summed E-state index contributed by atoms with van der Waals surface area (Å²) >= 11 is 0. The van der Waals surface area contributed by atoms with Crippen molar-refractivity contribution in [1.82, 2.24) is 24.5 Å². The second kappa shape index (κ2) is 8.96. The minimum atomic E-state index is -0.538. The van der Waals surface area contributed by atoms with Crippen molar-refractivity contribution in [2.24, 2.45) is 0 Å². The zero-order valence-corrected chi connectivity index (χ0v) is 16.0. The van der Waals surface area contributed by atoms with Crippen molar-refractivity contribution in [3.05, 3.63) is 28.2 Å². The van der Waals surface area contributed by atoms with Gasteiger partial charge in [-0.15, -0.1) is 0 Å². The highest BCUT2D eigenvalue weighted by atomic mass is 16.5. The van der Waals surface area contributed by atoms with Crippen LogP contribution in [0.5, 0.6) is 0 Å². The topological polar surface area (TPSA) is 105 Å². The Bertz CT molecular complexity index is 794. The molecule has 0 N–H and O–H groups in total. The molecule has 3 heterocycles. The molecule has 10 heteroatoms. The zero-order valence-electron chi connectivity index (χ0n) is 16.0. The van der Waals surface area contributed by atoms with E-state index >= 15 is 0 Å². The highest BCUT2D eigenvalue weighted by Crippen LogP contribution is 2.09. The summed E-state index contributed by atoms with van der Waals surface area (Å²) in [6, 6.07) is 2.77. The largest absolute Gasteiger partial charge is 0.378 e. The van der Waals surface area contributed by atoms with Gasteiger partial charge in [-0.2, -0.15) is 5.10 Å². The maximum Gasteiger partial charge on any atom is 0.312 e. The van der Waals surface area contributed by atoms with Crippen LogP contribution in [0.3, 0.4) is 0 Å². The number of morpholine rings is 1. The highest BCUT2D eigenvalue weighted by Gasteiger charge is 2.32. The van der Waals surface area contributed by atoms with E-state index in [1.54, 1.807) is 4.90 Å². The monoisotopic (exact) mass is 391 g/mol. The lowest BCUT2D eigenvalue weighted by atomic mass is 10.2. The van der Waals surface area contributed by atoms with Gasteiger partial charge < -0.3 is 19.4 Å². The standard InChI is InChI=1S/C18H25N5O5/c1-2-5-23-15(24)4-3-14(19-23)16(25)20-6-8-21(9-7-20)17(26)18(27)22-10-12-28-13-11-22/h3-4H,2,5-13H2,1H3. The Kier molecular flexibility index (Phi) is 6.40. The number of carbonyl (C=O) groups is 3. The number of nitrogens with zero attached hydrogens (tertiary/aromatic N) is 5. The molecule has 2 fully saturated rings. The van der Waals surface area contributed by atoms with Crippen molar-refractivity contribution in [3.8, 4) is 0 Å². The molecule has 1 aromatic heterocycles. The Hall–Kier alpha value is -2.75. The lowest BCUT2D eigenvalue weighted by molar-refractivity contribution is -0.154. The van der Waals surface area contributed by atoms with E-state index in [4.69, 9.17) is 4.74 Å². The third kappa shape index (κ3) is 4.38. The van der Waals surface area contributed by atoms with Crippen LogP contribution >= 0.6 is 0 Å². The van der Waals surface area contributed by atoms with E-state index in [1.807, 2.05) is 6.92 Å². The molecule has 0 aromatic carbocycles. The van der Waals surface area contributed by atoms with Gasteiger partial charge in [-0.1, -0.05) is 6.92 Å². The van der Waals surface area contributed by atoms with Crippen molar-refractivity contribution in [3.63, 3.8) is 0 Å². The average Bonchev–Trinajstić information content (AvgIpc) is 2.74. The first-order chi connectivity index (χ1) is 13.5. The highest BCUT2D eigenvalue weighted by molar-refractivity contribution is 6.34. The molecule has 2 aliphatic heterocycles. The molecular weight excluding hydrogens is 366 g/mol. The Morgan fingerprint density at radius 1 is 0.929 bits per heavy atom. The van der Waals surface area contributed by atoms with E-state index in [1.165, 1.54) is 26.6 Å². The van der Waals surface area contributed by atoms with Gasteiger partial charge in [0.25, 0.3) is 11.5 Å². The van der Waals surface area contributed by atoms with Gasteiger partial charge in [0.1, 0.15) is 5.69 Å². The van der Waals surface area contributed by atoms with Crippen molar-refractivity contribution in [2.75, 3.05) is 52.5 Å². The quantitative estimate of drug-likeness (QED) is 0.599. The van der Waals surface area contributed by atoms with E-state index < -0.39 is 11.8 Å². The molecule has 0 aliphatic carbocycles. The summed E-state index contributed by atoms with van der Waals surface area (Å²) in [5, 5.41) is 4.14. The molecule has 152 valence electrons. The van der Waals surface area contributed by atoms with Crippen molar-refractivity contribution >= 4 is 17.7 Å². The van der Waals surface area contributed by atoms with Crippen LogP contribution in [-0.2, 0) is 20.9 Å². The summed E-state index contributed by atoms with van der Waals surface area (Å²) in [5.41, 5.74) is -0.0346. The molecule has 0 saturated carbocycles. The van der Waals surface area contributed by atoms with Gasteiger partial charge >= 0.3 is 11.8 Å². The zero-order chi connectivity index (χ0) is 20.1. The number of aromatic nitrogens is 2. The molecule has 3 amide bonds. The molecule has 28 heavy (non-hydrogen) atoms. The summed E-state index contributed by atoms with van der Waals surface area (Å²) in [4.78, 5) is 53.8. The van der Waals surface area contributed by atoms with Gasteiger partial charge in [-0.05, 0) is 12.5 Å². The summed E-state index contributed by atoms with van der Waals surface area (Å²) in [6.07, 6.45) is 0.739. The van der Waals surface area contributed by atoms with E-state index in [9.17, 15) is 19.2 Å². The Labute approximate surface area is 162 Å². The molecule has 1 aromatic rings. The number of hydrogen-bond acceptors (Lipinski definition) is 6. The first kappa shape index (κ1) is 20.0. The van der Waals surface area contributed by atoms with Crippen LogP contribution in [0.2, 0.25) is 0 Å². The number of carbonyl (C=O) groups excluding carboxylic acids is 3. The van der Waals surface area contributed by atoms with E-state index in [0.717, 1.165) is 6.42 Å². The van der Waals surface area contributed by atoms with Gasteiger partial charge in [0.15, 0.2) is 0 Å². The Morgan fingerprint density at radius 2 is 1.50 bits per heavy atom. The predicted molar refractivity (Wildman–Crippen MR) is 98.7 cm³/mol. The molecule has 2 aliphatic rings.